The molecular weight excluding hydrogens is 190 g/mol. The Balaban J connectivity index is 1.92. The van der Waals surface area contributed by atoms with Crippen molar-refractivity contribution in [3.05, 3.63) is 0 Å². The number of hydrogen-bond acceptors (Lipinski definition) is 2. The Hall–Kier alpha value is -0.570. The van der Waals surface area contributed by atoms with Gasteiger partial charge in [-0.15, -0.1) is 0 Å². The van der Waals surface area contributed by atoms with E-state index in [1.165, 1.54) is 25.7 Å². The van der Waals surface area contributed by atoms with Crippen LogP contribution in [0.1, 0.15) is 39.5 Å². The molecule has 0 heterocycles. The molecule has 2 aliphatic carbocycles. The Morgan fingerprint density at radius 1 is 1.53 bits per heavy atom. The largest absolute Gasteiger partial charge is 0.480 e. The molecular formula is C12H21NO2. The third-order valence-electron chi connectivity index (χ3n) is 4.12. The van der Waals surface area contributed by atoms with Crippen molar-refractivity contribution in [1.29, 1.82) is 0 Å². The molecule has 2 rings (SSSR count). The molecule has 0 amide bonds. The highest BCUT2D eigenvalue weighted by Crippen LogP contribution is 2.50. The molecule has 0 saturated heterocycles. The van der Waals surface area contributed by atoms with Crippen LogP contribution in [0.15, 0.2) is 0 Å². The van der Waals surface area contributed by atoms with E-state index in [0.717, 1.165) is 12.5 Å². The molecule has 0 aromatic heterocycles. The fraction of sp³-hybridized carbons (Fsp3) is 0.917. The van der Waals surface area contributed by atoms with Gasteiger partial charge in [-0.05, 0) is 43.9 Å². The van der Waals surface area contributed by atoms with Crippen LogP contribution in [0, 0.1) is 11.3 Å². The molecule has 3 nitrogen and oxygen atoms in total. The first-order chi connectivity index (χ1) is 7.01. The molecule has 2 saturated carbocycles. The SMILES string of the molecule is CC(N(CC(=O)O)CC1CC1)C1(C)CC1. The lowest BCUT2D eigenvalue weighted by Crippen LogP contribution is -2.43. The monoisotopic (exact) mass is 211 g/mol. The van der Waals surface area contributed by atoms with E-state index in [1.807, 2.05) is 0 Å². The van der Waals surface area contributed by atoms with E-state index in [-0.39, 0.29) is 6.54 Å². The summed E-state index contributed by atoms with van der Waals surface area (Å²) >= 11 is 0. The van der Waals surface area contributed by atoms with Crippen LogP contribution in [0.4, 0.5) is 0 Å². The van der Waals surface area contributed by atoms with Gasteiger partial charge >= 0.3 is 5.97 Å². The van der Waals surface area contributed by atoms with Crippen LogP contribution < -0.4 is 0 Å². The van der Waals surface area contributed by atoms with Crippen molar-refractivity contribution in [1.82, 2.24) is 4.90 Å². The maximum atomic E-state index is 10.8. The Morgan fingerprint density at radius 3 is 2.53 bits per heavy atom. The summed E-state index contributed by atoms with van der Waals surface area (Å²) in [6, 6.07) is 0.425. The van der Waals surface area contributed by atoms with Gasteiger partial charge in [-0.25, -0.2) is 0 Å². The van der Waals surface area contributed by atoms with E-state index < -0.39 is 5.97 Å². The fourth-order valence-corrected chi connectivity index (χ4v) is 2.22. The fourth-order valence-electron chi connectivity index (χ4n) is 2.22. The summed E-state index contributed by atoms with van der Waals surface area (Å²) in [6.45, 7) is 5.67. The Kier molecular flexibility index (Phi) is 2.75. The van der Waals surface area contributed by atoms with Crippen LogP contribution in [0.25, 0.3) is 0 Å². The zero-order chi connectivity index (χ0) is 11.1. The first kappa shape index (κ1) is 10.9. The molecule has 1 unspecified atom stereocenters. The number of rotatable bonds is 6. The first-order valence-electron chi connectivity index (χ1n) is 5.97. The van der Waals surface area contributed by atoms with Crippen molar-refractivity contribution in [2.24, 2.45) is 11.3 Å². The highest BCUT2D eigenvalue weighted by Gasteiger charge is 2.45. The second kappa shape index (κ2) is 3.78. The number of aliphatic carboxylic acids is 1. The van der Waals surface area contributed by atoms with Crippen molar-refractivity contribution in [2.75, 3.05) is 13.1 Å². The summed E-state index contributed by atoms with van der Waals surface area (Å²) in [6.07, 6.45) is 5.10. The number of carboxylic acid groups (broad SMARTS) is 1. The molecule has 0 radical (unpaired) electrons. The normalized spacial score (nSPS) is 25.3. The summed E-state index contributed by atoms with van der Waals surface area (Å²) in [5, 5.41) is 8.91. The summed E-state index contributed by atoms with van der Waals surface area (Å²) in [5.74, 6) is 0.0842. The molecule has 0 aromatic carbocycles. The second-order valence-electron chi connectivity index (χ2n) is 5.60. The van der Waals surface area contributed by atoms with E-state index in [9.17, 15) is 4.79 Å². The lowest BCUT2D eigenvalue weighted by atomic mass is 9.98. The van der Waals surface area contributed by atoms with Crippen molar-refractivity contribution in [2.45, 2.75) is 45.6 Å². The molecule has 1 N–H and O–H groups in total. The van der Waals surface area contributed by atoms with Crippen molar-refractivity contribution in [3.8, 4) is 0 Å². The second-order valence-corrected chi connectivity index (χ2v) is 5.60. The summed E-state index contributed by atoms with van der Waals surface area (Å²) in [5.41, 5.74) is 0.393. The van der Waals surface area contributed by atoms with Crippen LogP contribution >= 0.6 is 0 Å². The maximum absolute atomic E-state index is 10.8. The van der Waals surface area contributed by atoms with Gasteiger partial charge in [0, 0.05) is 12.6 Å². The Labute approximate surface area is 91.5 Å². The first-order valence-corrected chi connectivity index (χ1v) is 5.97. The van der Waals surface area contributed by atoms with Gasteiger partial charge in [-0.1, -0.05) is 6.92 Å². The smallest absolute Gasteiger partial charge is 0.317 e. The summed E-state index contributed by atoms with van der Waals surface area (Å²) in [4.78, 5) is 13.0. The van der Waals surface area contributed by atoms with Gasteiger partial charge in [0.1, 0.15) is 0 Å². The molecule has 0 bridgehead atoms. The van der Waals surface area contributed by atoms with Gasteiger partial charge in [0.2, 0.25) is 0 Å². The topological polar surface area (TPSA) is 40.5 Å². The highest BCUT2D eigenvalue weighted by atomic mass is 16.4. The average molecular weight is 211 g/mol. The number of carbonyl (C=O) groups is 1. The molecule has 0 aliphatic heterocycles. The predicted octanol–water partition coefficient (Wildman–Crippen LogP) is 1.97. The van der Waals surface area contributed by atoms with Crippen LogP contribution in [-0.2, 0) is 4.79 Å². The minimum Gasteiger partial charge on any atom is -0.480 e. The molecule has 0 aromatic rings. The lowest BCUT2D eigenvalue weighted by Gasteiger charge is -2.32. The van der Waals surface area contributed by atoms with Crippen LogP contribution in [0.3, 0.4) is 0 Å². The van der Waals surface area contributed by atoms with E-state index >= 15 is 0 Å². The van der Waals surface area contributed by atoms with E-state index in [1.54, 1.807) is 0 Å². The molecule has 2 fully saturated rings. The molecule has 86 valence electrons. The van der Waals surface area contributed by atoms with E-state index in [4.69, 9.17) is 5.11 Å². The zero-order valence-electron chi connectivity index (χ0n) is 9.70. The standard InChI is InChI=1S/C12H21NO2/c1-9(12(2)5-6-12)13(8-11(14)15)7-10-3-4-10/h9-10H,3-8H2,1-2H3,(H,14,15). The highest BCUT2D eigenvalue weighted by molar-refractivity contribution is 5.69. The maximum Gasteiger partial charge on any atom is 0.317 e. The number of nitrogens with zero attached hydrogens (tertiary/aromatic N) is 1. The Morgan fingerprint density at radius 2 is 2.13 bits per heavy atom. The van der Waals surface area contributed by atoms with Crippen molar-refractivity contribution in [3.63, 3.8) is 0 Å². The van der Waals surface area contributed by atoms with Crippen molar-refractivity contribution >= 4 is 5.97 Å². The zero-order valence-corrected chi connectivity index (χ0v) is 9.70. The van der Waals surface area contributed by atoms with Crippen LogP contribution in [-0.4, -0.2) is 35.1 Å². The predicted molar refractivity (Wildman–Crippen MR) is 58.7 cm³/mol. The summed E-state index contributed by atoms with van der Waals surface area (Å²) in [7, 11) is 0. The van der Waals surface area contributed by atoms with Gasteiger partial charge in [-0.3, -0.25) is 9.69 Å². The lowest BCUT2D eigenvalue weighted by molar-refractivity contribution is -0.139. The van der Waals surface area contributed by atoms with Gasteiger partial charge in [-0.2, -0.15) is 0 Å². The third-order valence-corrected chi connectivity index (χ3v) is 4.12. The van der Waals surface area contributed by atoms with Crippen molar-refractivity contribution < 1.29 is 9.90 Å². The summed E-state index contributed by atoms with van der Waals surface area (Å²) < 4.78 is 0. The third kappa shape index (κ3) is 2.71. The molecule has 1 atom stereocenters. The molecule has 2 aliphatic rings. The Bertz CT molecular complexity index is 256. The minimum absolute atomic E-state index is 0.216. The van der Waals surface area contributed by atoms with Gasteiger partial charge in [0.25, 0.3) is 0 Å². The van der Waals surface area contributed by atoms with Gasteiger partial charge < -0.3 is 5.11 Å². The average Bonchev–Trinajstić information content (AvgIpc) is 3.01. The van der Waals surface area contributed by atoms with Crippen LogP contribution in [0.5, 0.6) is 0 Å². The van der Waals surface area contributed by atoms with E-state index in [2.05, 4.69) is 18.7 Å². The van der Waals surface area contributed by atoms with E-state index in [0.29, 0.717) is 11.5 Å². The number of carboxylic acids is 1. The minimum atomic E-state index is -0.688. The van der Waals surface area contributed by atoms with Crippen LogP contribution in [0.2, 0.25) is 0 Å². The molecule has 0 spiro atoms. The number of hydrogen-bond donors (Lipinski definition) is 1. The quantitative estimate of drug-likeness (QED) is 0.730. The molecule has 3 heteroatoms. The van der Waals surface area contributed by atoms with Gasteiger partial charge in [0.05, 0.1) is 6.54 Å². The van der Waals surface area contributed by atoms with Gasteiger partial charge in [0.15, 0.2) is 0 Å². The molecule has 15 heavy (non-hydrogen) atoms.